The average molecular weight is 322 g/mol. The molecule has 0 aliphatic heterocycles. The fourth-order valence-electron chi connectivity index (χ4n) is 1.69. The average Bonchev–Trinajstić information content (AvgIpc) is 2.40. The Labute approximate surface area is 119 Å². The molecule has 0 fully saturated rings. The van der Waals surface area contributed by atoms with Crippen molar-refractivity contribution in [3.05, 3.63) is 62.4 Å². The molecule has 5 nitrogen and oxygen atoms in total. The van der Waals surface area contributed by atoms with Gasteiger partial charge in [0.05, 0.1) is 17.2 Å². The lowest BCUT2D eigenvalue weighted by atomic mass is 10.2. The molecule has 0 saturated carbocycles. The summed E-state index contributed by atoms with van der Waals surface area (Å²) >= 11 is 3.34. The second kappa shape index (κ2) is 5.79. The highest BCUT2D eigenvalue weighted by atomic mass is 79.9. The minimum atomic E-state index is -0.386. The smallest absolute Gasteiger partial charge is 0.273 e. The van der Waals surface area contributed by atoms with Gasteiger partial charge in [-0.2, -0.15) is 0 Å². The van der Waals surface area contributed by atoms with Crippen LogP contribution in [0.25, 0.3) is 0 Å². The highest BCUT2D eigenvalue weighted by Gasteiger charge is 2.13. The number of hydrogen-bond acceptors (Lipinski definition) is 4. The predicted octanol–water partition coefficient (Wildman–Crippen LogP) is 3.67. The number of benzene rings is 1. The zero-order chi connectivity index (χ0) is 13.8. The van der Waals surface area contributed by atoms with Crippen molar-refractivity contribution in [1.29, 1.82) is 0 Å². The minimum absolute atomic E-state index is 0.107. The molecule has 19 heavy (non-hydrogen) atoms. The largest absolute Gasteiger partial charge is 0.378 e. The standard InChI is InChI=1S/C13H12BrN3O2/c1-9-6-12(11(14)7-13(9)17(18)19)16-8-10-4-2-3-5-15-10/h2-7,16H,8H2,1H3. The van der Waals surface area contributed by atoms with Gasteiger partial charge in [-0.1, -0.05) is 6.07 Å². The van der Waals surface area contributed by atoms with Gasteiger partial charge in [0.15, 0.2) is 0 Å². The highest BCUT2D eigenvalue weighted by molar-refractivity contribution is 9.10. The molecule has 0 aliphatic rings. The SMILES string of the molecule is Cc1cc(NCc2ccccn2)c(Br)cc1[N+](=O)[O-]. The molecule has 0 atom stereocenters. The maximum Gasteiger partial charge on any atom is 0.273 e. The maximum atomic E-state index is 10.8. The van der Waals surface area contributed by atoms with Crippen LogP contribution in [0.15, 0.2) is 41.0 Å². The molecular formula is C13H12BrN3O2. The Morgan fingerprint density at radius 1 is 1.42 bits per heavy atom. The normalized spacial score (nSPS) is 10.2. The van der Waals surface area contributed by atoms with Gasteiger partial charge >= 0.3 is 0 Å². The lowest BCUT2D eigenvalue weighted by molar-refractivity contribution is -0.385. The fraction of sp³-hybridized carbons (Fsp3) is 0.154. The number of aryl methyl sites for hydroxylation is 1. The zero-order valence-corrected chi connectivity index (χ0v) is 11.8. The summed E-state index contributed by atoms with van der Waals surface area (Å²) < 4.78 is 0.667. The Balaban J connectivity index is 2.17. The first kappa shape index (κ1) is 13.5. The van der Waals surface area contributed by atoms with Gasteiger partial charge in [-0.25, -0.2) is 0 Å². The number of anilines is 1. The number of nitrogens with one attached hydrogen (secondary N) is 1. The van der Waals surface area contributed by atoms with Crippen molar-refractivity contribution in [2.45, 2.75) is 13.5 Å². The molecule has 1 aromatic heterocycles. The summed E-state index contributed by atoms with van der Waals surface area (Å²) in [7, 11) is 0. The van der Waals surface area contributed by atoms with Crippen LogP contribution in [0.2, 0.25) is 0 Å². The van der Waals surface area contributed by atoms with E-state index in [9.17, 15) is 10.1 Å². The van der Waals surface area contributed by atoms with E-state index in [0.29, 0.717) is 16.6 Å². The van der Waals surface area contributed by atoms with E-state index in [1.54, 1.807) is 19.2 Å². The molecule has 1 N–H and O–H groups in total. The molecule has 2 aromatic rings. The number of nitro groups is 1. The van der Waals surface area contributed by atoms with E-state index < -0.39 is 0 Å². The predicted molar refractivity (Wildman–Crippen MR) is 77.1 cm³/mol. The van der Waals surface area contributed by atoms with Gasteiger partial charge in [0.1, 0.15) is 0 Å². The topological polar surface area (TPSA) is 68.1 Å². The van der Waals surface area contributed by atoms with Gasteiger partial charge in [0.25, 0.3) is 5.69 Å². The van der Waals surface area contributed by atoms with Crippen molar-refractivity contribution < 1.29 is 4.92 Å². The van der Waals surface area contributed by atoms with Gasteiger partial charge < -0.3 is 5.32 Å². The maximum absolute atomic E-state index is 10.8. The molecule has 0 spiro atoms. The fourth-order valence-corrected chi connectivity index (χ4v) is 2.16. The third-order valence-electron chi connectivity index (χ3n) is 2.67. The molecular weight excluding hydrogens is 310 g/mol. The number of aromatic nitrogens is 1. The lowest BCUT2D eigenvalue weighted by Gasteiger charge is -2.09. The Kier molecular flexibility index (Phi) is 4.11. The van der Waals surface area contributed by atoms with Crippen LogP contribution in [0.1, 0.15) is 11.3 Å². The second-order valence-electron chi connectivity index (χ2n) is 4.05. The Hall–Kier alpha value is -1.95. The number of hydrogen-bond donors (Lipinski definition) is 1. The summed E-state index contributed by atoms with van der Waals surface area (Å²) in [5, 5.41) is 14.0. The summed E-state index contributed by atoms with van der Waals surface area (Å²) in [4.78, 5) is 14.6. The van der Waals surface area contributed by atoms with E-state index in [1.807, 2.05) is 18.2 Å². The molecule has 0 bridgehead atoms. The highest BCUT2D eigenvalue weighted by Crippen LogP contribution is 2.30. The number of halogens is 1. The number of nitrogens with zero attached hydrogens (tertiary/aromatic N) is 2. The van der Waals surface area contributed by atoms with Crippen LogP contribution in [0, 0.1) is 17.0 Å². The second-order valence-corrected chi connectivity index (χ2v) is 4.90. The van der Waals surface area contributed by atoms with Crippen LogP contribution in [0.4, 0.5) is 11.4 Å². The van der Waals surface area contributed by atoms with E-state index in [0.717, 1.165) is 11.4 Å². The molecule has 0 saturated heterocycles. The number of pyridine rings is 1. The molecule has 98 valence electrons. The summed E-state index contributed by atoms with van der Waals surface area (Å²) in [6, 6.07) is 8.95. The molecule has 6 heteroatoms. The Bertz CT molecular complexity index is 602. The van der Waals surface area contributed by atoms with Crippen LogP contribution < -0.4 is 5.32 Å². The molecule has 0 unspecified atom stereocenters. The number of nitro benzene ring substituents is 1. The van der Waals surface area contributed by atoms with Crippen molar-refractivity contribution >= 4 is 27.3 Å². The molecule has 1 aromatic carbocycles. The van der Waals surface area contributed by atoms with E-state index in [2.05, 4.69) is 26.2 Å². The monoisotopic (exact) mass is 321 g/mol. The van der Waals surface area contributed by atoms with Crippen LogP contribution in [-0.2, 0) is 6.54 Å². The Morgan fingerprint density at radius 3 is 2.84 bits per heavy atom. The summed E-state index contributed by atoms with van der Waals surface area (Å²) in [5.41, 5.74) is 2.45. The first-order valence-electron chi connectivity index (χ1n) is 5.66. The van der Waals surface area contributed by atoms with Crippen LogP contribution in [-0.4, -0.2) is 9.91 Å². The first-order valence-corrected chi connectivity index (χ1v) is 6.45. The molecule has 0 radical (unpaired) electrons. The molecule has 1 heterocycles. The van der Waals surface area contributed by atoms with E-state index >= 15 is 0 Å². The zero-order valence-electron chi connectivity index (χ0n) is 10.3. The van der Waals surface area contributed by atoms with Gasteiger partial charge in [0.2, 0.25) is 0 Å². The third kappa shape index (κ3) is 3.29. The number of rotatable bonds is 4. The van der Waals surface area contributed by atoms with E-state index in [1.165, 1.54) is 6.07 Å². The lowest BCUT2D eigenvalue weighted by Crippen LogP contribution is -2.03. The van der Waals surface area contributed by atoms with Crippen LogP contribution >= 0.6 is 15.9 Å². The van der Waals surface area contributed by atoms with Gasteiger partial charge in [0, 0.05) is 28.0 Å². The quantitative estimate of drug-likeness (QED) is 0.689. The van der Waals surface area contributed by atoms with Crippen LogP contribution in [0.5, 0.6) is 0 Å². The first-order chi connectivity index (χ1) is 9.08. The van der Waals surface area contributed by atoms with Crippen molar-refractivity contribution in [1.82, 2.24) is 4.98 Å². The van der Waals surface area contributed by atoms with E-state index in [4.69, 9.17) is 0 Å². The summed E-state index contributed by atoms with van der Waals surface area (Å²) in [6.45, 7) is 2.28. The summed E-state index contributed by atoms with van der Waals surface area (Å²) in [5.74, 6) is 0. The molecule has 2 rings (SSSR count). The Morgan fingerprint density at radius 2 is 2.21 bits per heavy atom. The van der Waals surface area contributed by atoms with Crippen molar-refractivity contribution in [3.63, 3.8) is 0 Å². The van der Waals surface area contributed by atoms with Crippen molar-refractivity contribution in [2.24, 2.45) is 0 Å². The van der Waals surface area contributed by atoms with Crippen LogP contribution in [0.3, 0.4) is 0 Å². The van der Waals surface area contributed by atoms with Crippen molar-refractivity contribution in [2.75, 3.05) is 5.32 Å². The van der Waals surface area contributed by atoms with Gasteiger partial charge in [-0.3, -0.25) is 15.1 Å². The van der Waals surface area contributed by atoms with E-state index in [-0.39, 0.29) is 10.6 Å². The van der Waals surface area contributed by atoms with Crippen molar-refractivity contribution in [3.8, 4) is 0 Å². The van der Waals surface area contributed by atoms with Gasteiger partial charge in [-0.05, 0) is 41.1 Å². The third-order valence-corrected chi connectivity index (χ3v) is 3.32. The van der Waals surface area contributed by atoms with Gasteiger partial charge in [-0.15, -0.1) is 0 Å². The summed E-state index contributed by atoms with van der Waals surface area (Å²) in [6.07, 6.45) is 1.73. The molecule has 0 aliphatic carbocycles. The molecule has 0 amide bonds. The minimum Gasteiger partial charge on any atom is -0.378 e.